The van der Waals surface area contributed by atoms with Gasteiger partial charge in [0.15, 0.2) is 0 Å². The molecule has 1 fully saturated rings. The summed E-state index contributed by atoms with van der Waals surface area (Å²) in [7, 11) is 1.82. The van der Waals surface area contributed by atoms with Gasteiger partial charge in [0.1, 0.15) is 16.7 Å². The zero-order chi connectivity index (χ0) is 22.7. The van der Waals surface area contributed by atoms with Crippen LogP contribution in [0.4, 0.5) is 10.3 Å². The Hall–Kier alpha value is -3.04. The molecule has 2 aromatic heterocycles. The summed E-state index contributed by atoms with van der Waals surface area (Å²) in [5.74, 6) is -0.147. The van der Waals surface area contributed by atoms with Crippen molar-refractivity contribution in [2.45, 2.75) is 19.3 Å². The smallest absolute Gasteiger partial charge is 0.234 e. The van der Waals surface area contributed by atoms with Gasteiger partial charge in [-0.25, -0.2) is 14.4 Å². The minimum absolute atomic E-state index is 0.0632. The van der Waals surface area contributed by atoms with Crippen molar-refractivity contribution in [3.63, 3.8) is 0 Å². The van der Waals surface area contributed by atoms with Crippen molar-refractivity contribution >= 4 is 23.5 Å². The number of piperazine rings is 1. The molecule has 1 aliphatic heterocycles. The van der Waals surface area contributed by atoms with Gasteiger partial charge in [-0.3, -0.25) is 14.4 Å². The van der Waals surface area contributed by atoms with Gasteiger partial charge in [0.25, 0.3) is 0 Å². The first kappa shape index (κ1) is 22.2. The van der Waals surface area contributed by atoms with Crippen LogP contribution in [0.25, 0.3) is 11.4 Å². The molecular weight excluding hydrogens is 433 g/mol. The second-order valence-electron chi connectivity index (χ2n) is 7.93. The first-order chi connectivity index (χ1) is 15.4. The third-order valence-electron chi connectivity index (χ3n) is 5.45. The third kappa shape index (κ3) is 5.41. The van der Waals surface area contributed by atoms with E-state index in [1.807, 2.05) is 19.3 Å². The molecule has 8 nitrogen and oxygen atoms in total. The van der Waals surface area contributed by atoms with Gasteiger partial charge in [0.05, 0.1) is 12.2 Å². The van der Waals surface area contributed by atoms with E-state index in [4.69, 9.17) is 17.3 Å². The lowest BCUT2D eigenvalue weighted by atomic mass is 9.96. The Kier molecular flexibility index (Phi) is 6.66. The zero-order valence-electron chi connectivity index (χ0n) is 17.8. The van der Waals surface area contributed by atoms with Gasteiger partial charge in [-0.05, 0) is 42.6 Å². The highest BCUT2D eigenvalue weighted by Crippen LogP contribution is 2.26. The first-order valence-electron chi connectivity index (χ1n) is 10.5. The maximum Gasteiger partial charge on any atom is 0.234 e. The number of rotatable bonds is 7. The van der Waals surface area contributed by atoms with E-state index < -0.39 is 0 Å². The van der Waals surface area contributed by atoms with Crippen LogP contribution in [0.1, 0.15) is 23.1 Å². The number of carbonyl (C=O) groups is 1. The van der Waals surface area contributed by atoms with Gasteiger partial charge in [0, 0.05) is 44.4 Å². The number of anilines is 1. The molecule has 10 heteroatoms. The molecule has 32 heavy (non-hydrogen) atoms. The van der Waals surface area contributed by atoms with Crippen LogP contribution >= 0.6 is 11.6 Å². The number of aromatic nitrogens is 4. The fourth-order valence-corrected chi connectivity index (χ4v) is 4.21. The van der Waals surface area contributed by atoms with E-state index in [9.17, 15) is 9.18 Å². The van der Waals surface area contributed by atoms with Gasteiger partial charge in [-0.1, -0.05) is 17.7 Å². The monoisotopic (exact) mass is 457 g/mol. The molecule has 1 aliphatic rings. The Morgan fingerprint density at radius 2 is 2.06 bits per heavy atom. The van der Waals surface area contributed by atoms with Crippen molar-refractivity contribution in [2.75, 3.05) is 31.9 Å². The molecule has 4 rings (SSSR count). The molecular formula is C22H25ClFN7O. The number of nitrogen functional groups attached to an aromatic ring is 1. The van der Waals surface area contributed by atoms with Crippen LogP contribution in [-0.4, -0.2) is 56.7 Å². The summed E-state index contributed by atoms with van der Waals surface area (Å²) in [6, 6.07) is 6.51. The van der Waals surface area contributed by atoms with E-state index >= 15 is 0 Å². The fourth-order valence-electron chi connectivity index (χ4n) is 4.02. The van der Waals surface area contributed by atoms with E-state index in [2.05, 4.69) is 25.3 Å². The molecule has 3 N–H and O–H groups in total. The van der Waals surface area contributed by atoms with E-state index in [-0.39, 0.29) is 22.8 Å². The summed E-state index contributed by atoms with van der Waals surface area (Å²) in [6.07, 6.45) is 4.05. The number of hydrogen-bond donors (Lipinski definition) is 2. The number of amides is 1. The number of nitrogens with two attached hydrogens (primary N) is 1. The molecule has 168 valence electrons. The third-order valence-corrected chi connectivity index (χ3v) is 5.64. The summed E-state index contributed by atoms with van der Waals surface area (Å²) in [5.41, 5.74) is 9.77. The highest BCUT2D eigenvalue weighted by atomic mass is 35.5. The normalized spacial score (nSPS) is 14.5. The summed E-state index contributed by atoms with van der Waals surface area (Å²) in [4.78, 5) is 21.9. The van der Waals surface area contributed by atoms with Crippen molar-refractivity contribution in [2.24, 2.45) is 7.05 Å². The molecule has 0 bridgehead atoms. The van der Waals surface area contributed by atoms with Crippen molar-refractivity contribution in [1.82, 2.24) is 30.0 Å². The molecule has 0 radical (unpaired) electrons. The maximum atomic E-state index is 14.1. The quantitative estimate of drug-likeness (QED) is 0.527. The van der Waals surface area contributed by atoms with Crippen LogP contribution in [0.5, 0.6) is 0 Å². The molecule has 0 spiro atoms. The summed E-state index contributed by atoms with van der Waals surface area (Å²) < 4.78 is 15.8. The largest absolute Gasteiger partial charge is 0.368 e. The van der Waals surface area contributed by atoms with Crippen molar-refractivity contribution < 1.29 is 9.18 Å². The number of nitrogens with one attached hydrogen (secondary N) is 1. The highest BCUT2D eigenvalue weighted by molar-refractivity contribution is 6.29. The molecule has 0 unspecified atom stereocenters. The number of benzene rings is 1. The molecule has 0 saturated carbocycles. The van der Waals surface area contributed by atoms with Crippen LogP contribution < -0.4 is 11.1 Å². The lowest BCUT2D eigenvalue weighted by molar-refractivity contribution is -0.124. The standard InChI is InChI=1S/C22H25ClFN7O/c1-30-12-16(21(29-30)18-11-19(23)28-22(25)27-18)9-15-10-17(24)5-4-14(15)3-2-7-31-8-6-26-20(32)13-31/h4-5,10-12H,2-3,6-9,13H2,1H3,(H,26,32)(H2,25,27,28). The minimum atomic E-state index is -0.281. The molecule has 3 heterocycles. The summed E-state index contributed by atoms with van der Waals surface area (Å²) >= 11 is 6.05. The van der Waals surface area contributed by atoms with Gasteiger partial charge >= 0.3 is 0 Å². The Labute approximate surface area is 190 Å². The van der Waals surface area contributed by atoms with Crippen molar-refractivity contribution in [3.8, 4) is 11.4 Å². The van der Waals surface area contributed by atoms with Gasteiger partial charge < -0.3 is 11.1 Å². The first-order valence-corrected chi connectivity index (χ1v) is 10.8. The SMILES string of the molecule is Cn1cc(Cc2cc(F)ccc2CCCN2CCNC(=O)C2)c(-c2cc(Cl)nc(N)n2)n1. The van der Waals surface area contributed by atoms with E-state index in [1.54, 1.807) is 16.8 Å². The van der Waals surface area contributed by atoms with Crippen LogP contribution in [0.3, 0.4) is 0 Å². The molecule has 1 aromatic carbocycles. The Morgan fingerprint density at radius 3 is 2.84 bits per heavy atom. The van der Waals surface area contributed by atoms with Gasteiger partial charge in [0.2, 0.25) is 11.9 Å². The predicted molar refractivity (Wildman–Crippen MR) is 121 cm³/mol. The van der Waals surface area contributed by atoms with Crippen LogP contribution in [-0.2, 0) is 24.7 Å². The number of aryl methyl sites for hydroxylation is 2. The number of nitrogens with zero attached hydrogens (tertiary/aromatic N) is 5. The van der Waals surface area contributed by atoms with E-state index in [0.717, 1.165) is 42.6 Å². The number of hydrogen-bond acceptors (Lipinski definition) is 6. The fraction of sp³-hybridized carbons (Fsp3) is 0.364. The number of halogens is 2. The Balaban J connectivity index is 1.53. The summed E-state index contributed by atoms with van der Waals surface area (Å²) in [6.45, 7) is 2.79. The maximum absolute atomic E-state index is 14.1. The topological polar surface area (TPSA) is 102 Å². The van der Waals surface area contributed by atoms with E-state index in [1.165, 1.54) is 6.07 Å². The Morgan fingerprint density at radius 1 is 1.22 bits per heavy atom. The van der Waals surface area contributed by atoms with Crippen LogP contribution in [0, 0.1) is 5.82 Å². The summed E-state index contributed by atoms with van der Waals surface area (Å²) in [5, 5.41) is 7.59. The highest BCUT2D eigenvalue weighted by Gasteiger charge is 2.18. The Bertz CT molecular complexity index is 1110. The molecule has 0 atom stereocenters. The molecule has 3 aromatic rings. The molecule has 1 amide bonds. The van der Waals surface area contributed by atoms with Crippen molar-refractivity contribution in [1.29, 1.82) is 0 Å². The van der Waals surface area contributed by atoms with E-state index in [0.29, 0.717) is 30.9 Å². The zero-order valence-corrected chi connectivity index (χ0v) is 18.6. The average molecular weight is 458 g/mol. The molecule has 1 saturated heterocycles. The lowest BCUT2D eigenvalue weighted by Crippen LogP contribution is -2.47. The number of carbonyl (C=O) groups excluding carboxylic acids is 1. The van der Waals surface area contributed by atoms with Gasteiger partial charge in [-0.15, -0.1) is 0 Å². The van der Waals surface area contributed by atoms with Crippen LogP contribution in [0.15, 0.2) is 30.5 Å². The second-order valence-corrected chi connectivity index (χ2v) is 8.32. The lowest BCUT2D eigenvalue weighted by Gasteiger charge is -2.26. The molecule has 0 aliphatic carbocycles. The van der Waals surface area contributed by atoms with Gasteiger partial charge in [-0.2, -0.15) is 5.10 Å². The van der Waals surface area contributed by atoms with Crippen LogP contribution in [0.2, 0.25) is 5.15 Å². The average Bonchev–Trinajstić information content (AvgIpc) is 3.09. The predicted octanol–water partition coefficient (Wildman–Crippen LogP) is 2.21. The second kappa shape index (κ2) is 9.62. The van der Waals surface area contributed by atoms with Crippen molar-refractivity contribution in [3.05, 3.63) is 58.1 Å². The minimum Gasteiger partial charge on any atom is -0.368 e.